The van der Waals surface area contributed by atoms with Gasteiger partial charge in [-0.2, -0.15) is 0 Å². The third-order valence-electron chi connectivity index (χ3n) is 3.01. The van der Waals surface area contributed by atoms with Crippen LogP contribution in [0.25, 0.3) is 11.1 Å². The predicted molar refractivity (Wildman–Crippen MR) is 74.0 cm³/mol. The molecule has 2 heteroatoms. The van der Waals surface area contributed by atoms with Gasteiger partial charge >= 0.3 is 0 Å². The number of rotatable bonds is 4. The van der Waals surface area contributed by atoms with Crippen molar-refractivity contribution in [2.45, 2.75) is 20.4 Å². The molecule has 1 nitrogen and oxygen atoms in total. The SMILES string of the molecule is CCNCc1cccc(-c2ccc(C)c(F)c2)c1. The Morgan fingerprint density at radius 3 is 2.56 bits per heavy atom. The highest BCUT2D eigenvalue weighted by atomic mass is 19.1. The summed E-state index contributed by atoms with van der Waals surface area (Å²) >= 11 is 0. The van der Waals surface area contributed by atoms with Gasteiger partial charge in [0.05, 0.1) is 0 Å². The molecule has 0 radical (unpaired) electrons. The van der Waals surface area contributed by atoms with E-state index in [4.69, 9.17) is 0 Å². The minimum atomic E-state index is -0.149. The molecule has 0 unspecified atom stereocenters. The molecule has 2 rings (SSSR count). The molecule has 0 saturated carbocycles. The average molecular weight is 243 g/mol. The summed E-state index contributed by atoms with van der Waals surface area (Å²) in [6.07, 6.45) is 0. The number of benzene rings is 2. The molecule has 0 saturated heterocycles. The van der Waals surface area contributed by atoms with Gasteiger partial charge < -0.3 is 5.32 Å². The van der Waals surface area contributed by atoms with Crippen molar-refractivity contribution in [1.82, 2.24) is 5.32 Å². The van der Waals surface area contributed by atoms with Crippen LogP contribution in [0.5, 0.6) is 0 Å². The van der Waals surface area contributed by atoms with Gasteiger partial charge in [-0.25, -0.2) is 4.39 Å². The maximum absolute atomic E-state index is 13.6. The van der Waals surface area contributed by atoms with Gasteiger partial charge in [-0.3, -0.25) is 0 Å². The van der Waals surface area contributed by atoms with Gasteiger partial charge in [0.2, 0.25) is 0 Å². The van der Waals surface area contributed by atoms with Crippen LogP contribution in [0.15, 0.2) is 42.5 Å². The first-order valence-electron chi connectivity index (χ1n) is 6.27. The smallest absolute Gasteiger partial charge is 0.126 e. The molecule has 0 aromatic heterocycles. The second kappa shape index (κ2) is 5.78. The summed E-state index contributed by atoms with van der Waals surface area (Å²) < 4.78 is 13.6. The molecule has 0 aliphatic rings. The normalized spacial score (nSPS) is 10.6. The summed E-state index contributed by atoms with van der Waals surface area (Å²) in [4.78, 5) is 0. The number of hydrogen-bond donors (Lipinski definition) is 1. The lowest BCUT2D eigenvalue weighted by atomic mass is 10.0. The van der Waals surface area contributed by atoms with Crippen molar-refractivity contribution in [2.75, 3.05) is 6.54 Å². The molecule has 0 spiro atoms. The molecular weight excluding hydrogens is 225 g/mol. The highest BCUT2D eigenvalue weighted by Crippen LogP contribution is 2.22. The largest absolute Gasteiger partial charge is 0.313 e. The zero-order valence-corrected chi connectivity index (χ0v) is 10.8. The Bertz CT molecular complexity index is 534. The van der Waals surface area contributed by atoms with Crippen molar-refractivity contribution >= 4 is 0 Å². The second-order valence-electron chi connectivity index (χ2n) is 4.44. The molecule has 0 aliphatic heterocycles. The number of aryl methyl sites for hydroxylation is 1. The predicted octanol–water partition coefficient (Wildman–Crippen LogP) is 3.91. The Morgan fingerprint density at radius 1 is 1.06 bits per heavy atom. The van der Waals surface area contributed by atoms with E-state index in [-0.39, 0.29) is 5.82 Å². The fourth-order valence-corrected chi connectivity index (χ4v) is 1.90. The van der Waals surface area contributed by atoms with Crippen LogP contribution in [0, 0.1) is 12.7 Å². The van der Waals surface area contributed by atoms with E-state index in [2.05, 4.69) is 24.4 Å². The van der Waals surface area contributed by atoms with Crippen LogP contribution in [0.1, 0.15) is 18.1 Å². The average Bonchev–Trinajstić information content (AvgIpc) is 2.40. The van der Waals surface area contributed by atoms with Crippen molar-refractivity contribution in [2.24, 2.45) is 0 Å². The van der Waals surface area contributed by atoms with Gasteiger partial charge in [-0.15, -0.1) is 0 Å². The Labute approximate surface area is 108 Å². The summed E-state index contributed by atoms with van der Waals surface area (Å²) in [6, 6.07) is 13.6. The summed E-state index contributed by atoms with van der Waals surface area (Å²) in [6.45, 7) is 5.65. The topological polar surface area (TPSA) is 12.0 Å². The molecule has 0 aliphatic carbocycles. The summed E-state index contributed by atoms with van der Waals surface area (Å²) in [5.74, 6) is -0.149. The first-order valence-corrected chi connectivity index (χ1v) is 6.27. The molecule has 0 amide bonds. The zero-order chi connectivity index (χ0) is 13.0. The Morgan fingerprint density at radius 2 is 1.83 bits per heavy atom. The minimum absolute atomic E-state index is 0.149. The first-order chi connectivity index (χ1) is 8.70. The van der Waals surface area contributed by atoms with Crippen LogP contribution >= 0.6 is 0 Å². The molecule has 1 N–H and O–H groups in total. The van der Waals surface area contributed by atoms with E-state index in [0.717, 1.165) is 24.2 Å². The van der Waals surface area contributed by atoms with Crippen molar-refractivity contribution in [1.29, 1.82) is 0 Å². The lowest BCUT2D eigenvalue weighted by Gasteiger charge is -2.07. The molecule has 18 heavy (non-hydrogen) atoms. The van der Waals surface area contributed by atoms with Gasteiger partial charge in [0.25, 0.3) is 0 Å². The van der Waals surface area contributed by atoms with Crippen molar-refractivity contribution in [3.63, 3.8) is 0 Å². The maximum atomic E-state index is 13.6. The fourth-order valence-electron chi connectivity index (χ4n) is 1.90. The van der Waals surface area contributed by atoms with Crippen LogP contribution in [0.2, 0.25) is 0 Å². The molecule has 0 atom stereocenters. The third-order valence-corrected chi connectivity index (χ3v) is 3.01. The van der Waals surface area contributed by atoms with Gasteiger partial charge in [0, 0.05) is 6.54 Å². The Kier molecular flexibility index (Phi) is 4.11. The highest BCUT2D eigenvalue weighted by Gasteiger charge is 2.02. The van der Waals surface area contributed by atoms with Gasteiger partial charge in [-0.05, 0) is 47.9 Å². The van der Waals surface area contributed by atoms with E-state index in [1.54, 1.807) is 13.0 Å². The third kappa shape index (κ3) is 2.96. The first kappa shape index (κ1) is 12.8. The fraction of sp³-hybridized carbons (Fsp3) is 0.250. The summed E-state index contributed by atoms with van der Waals surface area (Å²) in [5, 5.41) is 3.29. The van der Waals surface area contributed by atoms with Crippen LogP contribution in [0.4, 0.5) is 4.39 Å². The monoisotopic (exact) mass is 243 g/mol. The molecule has 0 fully saturated rings. The standard InChI is InChI=1S/C16H18FN/c1-3-18-11-13-5-4-6-14(9-13)15-8-7-12(2)16(17)10-15/h4-10,18H,3,11H2,1-2H3. The molecule has 2 aromatic rings. The van der Waals surface area contributed by atoms with Crippen LogP contribution in [-0.4, -0.2) is 6.54 Å². The minimum Gasteiger partial charge on any atom is -0.313 e. The van der Waals surface area contributed by atoms with Crippen LogP contribution < -0.4 is 5.32 Å². The van der Waals surface area contributed by atoms with E-state index in [1.165, 1.54) is 5.56 Å². The van der Waals surface area contributed by atoms with Crippen molar-refractivity contribution in [3.05, 3.63) is 59.4 Å². The number of hydrogen-bond acceptors (Lipinski definition) is 1. The van der Waals surface area contributed by atoms with E-state index in [1.807, 2.05) is 24.3 Å². The quantitative estimate of drug-likeness (QED) is 0.858. The maximum Gasteiger partial charge on any atom is 0.126 e. The number of nitrogens with one attached hydrogen (secondary N) is 1. The van der Waals surface area contributed by atoms with E-state index >= 15 is 0 Å². The molecule has 94 valence electrons. The Hall–Kier alpha value is -1.67. The van der Waals surface area contributed by atoms with E-state index in [9.17, 15) is 4.39 Å². The summed E-state index contributed by atoms with van der Waals surface area (Å²) in [7, 11) is 0. The molecule has 0 heterocycles. The molecule has 2 aromatic carbocycles. The van der Waals surface area contributed by atoms with Crippen LogP contribution in [0.3, 0.4) is 0 Å². The van der Waals surface area contributed by atoms with E-state index in [0.29, 0.717) is 5.56 Å². The van der Waals surface area contributed by atoms with Gasteiger partial charge in [0.15, 0.2) is 0 Å². The molecular formula is C16H18FN. The highest BCUT2D eigenvalue weighted by molar-refractivity contribution is 5.64. The molecule has 0 bridgehead atoms. The van der Waals surface area contributed by atoms with Crippen LogP contribution in [-0.2, 0) is 6.54 Å². The zero-order valence-electron chi connectivity index (χ0n) is 10.8. The van der Waals surface area contributed by atoms with Gasteiger partial charge in [0.1, 0.15) is 5.82 Å². The Balaban J connectivity index is 2.29. The number of halogens is 1. The van der Waals surface area contributed by atoms with E-state index < -0.39 is 0 Å². The lowest BCUT2D eigenvalue weighted by Crippen LogP contribution is -2.11. The van der Waals surface area contributed by atoms with Crippen molar-refractivity contribution < 1.29 is 4.39 Å². The van der Waals surface area contributed by atoms with Gasteiger partial charge in [-0.1, -0.05) is 37.3 Å². The van der Waals surface area contributed by atoms with Crippen molar-refractivity contribution in [3.8, 4) is 11.1 Å². The summed E-state index contributed by atoms with van der Waals surface area (Å²) in [5.41, 5.74) is 3.89. The lowest BCUT2D eigenvalue weighted by molar-refractivity contribution is 0.619. The second-order valence-corrected chi connectivity index (χ2v) is 4.44.